The van der Waals surface area contributed by atoms with Crippen LogP contribution < -0.4 is 4.57 Å². The lowest BCUT2D eigenvalue weighted by atomic mass is 9.79. The van der Waals surface area contributed by atoms with E-state index in [0.717, 1.165) is 0 Å². The summed E-state index contributed by atoms with van der Waals surface area (Å²) in [5.74, 6) is 0. The SMILES string of the molecule is CCC12CC1(CC)[n+]1ccc(C)cc1-c1ccc(C)cc12. The van der Waals surface area contributed by atoms with Gasteiger partial charge in [-0.05, 0) is 37.5 Å². The number of hydrogen-bond acceptors (Lipinski definition) is 0. The molecule has 2 unspecified atom stereocenters. The van der Waals surface area contributed by atoms with Crippen molar-refractivity contribution in [1.82, 2.24) is 0 Å². The van der Waals surface area contributed by atoms with E-state index in [2.05, 4.69) is 68.8 Å². The van der Waals surface area contributed by atoms with Crippen LogP contribution in [0.3, 0.4) is 0 Å². The van der Waals surface area contributed by atoms with Gasteiger partial charge in [-0.3, -0.25) is 0 Å². The Hall–Kier alpha value is -1.63. The number of aromatic nitrogens is 1. The van der Waals surface area contributed by atoms with Crippen LogP contribution in [-0.2, 0) is 11.0 Å². The van der Waals surface area contributed by atoms with Gasteiger partial charge < -0.3 is 0 Å². The quantitative estimate of drug-likeness (QED) is 0.716. The molecular formula is C20H24N+. The van der Waals surface area contributed by atoms with Gasteiger partial charge in [0.05, 0.1) is 11.0 Å². The maximum Gasteiger partial charge on any atom is 0.213 e. The third-order valence-electron chi connectivity index (χ3n) is 6.09. The first kappa shape index (κ1) is 13.1. The lowest BCUT2D eigenvalue weighted by Gasteiger charge is -2.29. The third kappa shape index (κ3) is 1.40. The molecular weight excluding hydrogens is 254 g/mol. The zero-order valence-electron chi connectivity index (χ0n) is 13.5. The number of pyridine rings is 1. The average Bonchev–Trinajstić information content (AvgIpc) is 3.18. The van der Waals surface area contributed by atoms with Gasteiger partial charge >= 0.3 is 0 Å². The maximum atomic E-state index is 2.58. The molecule has 4 rings (SSSR count). The van der Waals surface area contributed by atoms with Crippen molar-refractivity contribution >= 4 is 0 Å². The first-order valence-corrected chi connectivity index (χ1v) is 8.22. The Kier molecular flexibility index (Phi) is 2.47. The van der Waals surface area contributed by atoms with Gasteiger partial charge in [0.2, 0.25) is 5.69 Å². The molecule has 1 aromatic heterocycles. The second-order valence-electron chi connectivity index (χ2n) is 7.01. The standard InChI is InChI=1S/C20H24N/c1-5-19-13-20(19,6-2)21-10-9-15(4)12-18(21)16-8-7-14(3)11-17(16)19/h7-12H,5-6,13H2,1-4H3/q+1. The van der Waals surface area contributed by atoms with E-state index in [1.807, 2.05) is 0 Å². The predicted octanol–water partition coefficient (Wildman–Crippen LogP) is 4.43. The van der Waals surface area contributed by atoms with Gasteiger partial charge in [0.15, 0.2) is 11.7 Å². The highest BCUT2D eigenvalue weighted by atomic mass is 15.2. The minimum Gasteiger partial charge on any atom is -0.192 e. The largest absolute Gasteiger partial charge is 0.213 e. The van der Waals surface area contributed by atoms with E-state index < -0.39 is 0 Å². The number of fused-ring (bicyclic) bond motifs is 6. The molecule has 2 aromatic rings. The fourth-order valence-corrected chi connectivity index (χ4v) is 4.86. The Bertz CT molecular complexity index is 745. The molecule has 1 saturated carbocycles. The molecule has 1 fully saturated rings. The van der Waals surface area contributed by atoms with E-state index in [1.54, 1.807) is 5.56 Å². The molecule has 0 spiro atoms. The van der Waals surface area contributed by atoms with E-state index in [9.17, 15) is 0 Å². The van der Waals surface area contributed by atoms with Gasteiger partial charge in [-0.1, -0.05) is 31.5 Å². The highest BCUT2D eigenvalue weighted by molar-refractivity contribution is 5.69. The molecule has 2 heterocycles. The minimum atomic E-state index is 0.311. The van der Waals surface area contributed by atoms with E-state index in [-0.39, 0.29) is 0 Å². The summed E-state index contributed by atoms with van der Waals surface area (Å²) >= 11 is 0. The number of hydrogen-bond donors (Lipinski definition) is 0. The molecule has 1 aliphatic heterocycles. The van der Waals surface area contributed by atoms with Crippen LogP contribution in [0.4, 0.5) is 0 Å². The molecule has 0 N–H and O–H groups in total. The van der Waals surface area contributed by atoms with Crippen LogP contribution in [0.2, 0.25) is 0 Å². The smallest absolute Gasteiger partial charge is 0.192 e. The highest BCUT2D eigenvalue weighted by Gasteiger charge is 2.76. The molecule has 1 aromatic carbocycles. The Morgan fingerprint density at radius 2 is 1.76 bits per heavy atom. The molecule has 0 bridgehead atoms. The van der Waals surface area contributed by atoms with Crippen LogP contribution in [0.1, 0.15) is 49.8 Å². The fraction of sp³-hybridized carbons (Fsp3) is 0.450. The lowest BCUT2D eigenvalue weighted by molar-refractivity contribution is -0.735. The number of rotatable bonds is 2. The van der Waals surface area contributed by atoms with Crippen molar-refractivity contribution in [3.05, 3.63) is 53.2 Å². The van der Waals surface area contributed by atoms with Crippen molar-refractivity contribution in [2.75, 3.05) is 0 Å². The van der Waals surface area contributed by atoms with Crippen LogP contribution in [0.25, 0.3) is 11.3 Å². The fourth-order valence-electron chi connectivity index (χ4n) is 4.86. The summed E-state index contributed by atoms with van der Waals surface area (Å²) in [4.78, 5) is 0. The van der Waals surface area contributed by atoms with Crippen LogP contribution in [0.15, 0.2) is 36.5 Å². The predicted molar refractivity (Wildman–Crippen MR) is 86.4 cm³/mol. The summed E-state index contributed by atoms with van der Waals surface area (Å²) < 4.78 is 2.58. The van der Waals surface area contributed by atoms with Crippen molar-refractivity contribution < 1.29 is 4.57 Å². The molecule has 0 saturated heterocycles. The number of aryl methyl sites for hydroxylation is 2. The first-order valence-electron chi connectivity index (χ1n) is 8.22. The second-order valence-corrected chi connectivity index (χ2v) is 7.01. The monoisotopic (exact) mass is 278 g/mol. The second kappa shape index (κ2) is 3.97. The van der Waals surface area contributed by atoms with Gasteiger partial charge in [0, 0.05) is 25.0 Å². The van der Waals surface area contributed by atoms with Gasteiger partial charge in [0.1, 0.15) is 0 Å². The van der Waals surface area contributed by atoms with E-state index >= 15 is 0 Å². The van der Waals surface area contributed by atoms with Gasteiger partial charge in [0.25, 0.3) is 0 Å². The molecule has 1 heteroatoms. The Morgan fingerprint density at radius 3 is 2.48 bits per heavy atom. The van der Waals surface area contributed by atoms with Gasteiger partial charge in [-0.25, -0.2) is 0 Å². The summed E-state index contributed by atoms with van der Waals surface area (Å²) in [5.41, 5.74) is 7.86. The number of benzene rings is 1. The van der Waals surface area contributed by atoms with Crippen LogP contribution >= 0.6 is 0 Å². The summed E-state index contributed by atoms with van der Waals surface area (Å²) in [7, 11) is 0. The summed E-state index contributed by atoms with van der Waals surface area (Å²) in [6.45, 7) is 9.14. The molecule has 0 radical (unpaired) electrons. The Balaban J connectivity index is 2.09. The maximum absolute atomic E-state index is 2.58. The molecule has 1 nitrogen and oxygen atoms in total. The Morgan fingerprint density at radius 1 is 1.00 bits per heavy atom. The van der Waals surface area contributed by atoms with E-state index in [4.69, 9.17) is 0 Å². The zero-order valence-corrected chi connectivity index (χ0v) is 13.5. The van der Waals surface area contributed by atoms with E-state index in [0.29, 0.717) is 11.0 Å². The number of nitrogens with zero attached hydrogens (tertiary/aromatic N) is 1. The molecule has 21 heavy (non-hydrogen) atoms. The third-order valence-corrected chi connectivity index (χ3v) is 6.09. The summed E-state index contributed by atoms with van der Waals surface area (Å²) in [5, 5.41) is 0. The Labute approximate surface area is 127 Å². The summed E-state index contributed by atoms with van der Waals surface area (Å²) in [6, 6.07) is 11.7. The first-order chi connectivity index (χ1) is 10.1. The zero-order chi connectivity index (χ0) is 14.8. The highest BCUT2D eigenvalue weighted by Crippen LogP contribution is 2.67. The van der Waals surface area contributed by atoms with Crippen molar-refractivity contribution in [2.24, 2.45) is 0 Å². The summed E-state index contributed by atoms with van der Waals surface area (Å²) in [6.07, 6.45) is 6.07. The minimum absolute atomic E-state index is 0.311. The van der Waals surface area contributed by atoms with Crippen LogP contribution in [-0.4, -0.2) is 0 Å². The van der Waals surface area contributed by atoms with Crippen molar-refractivity contribution in [1.29, 1.82) is 0 Å². The molecule has 2 atom stereocenters. The topological polar surface area (TPSA) is 3.88 Å². The molecule has 108 valence electrons. The van der Waals surface area contributed by atoms with Gasteiger partial charge in [-0.2, -0.15) is 4.57 Å². The van der Waals surface area contributed by atoms with Gasteiger partial charge in [-0.15, -0.1) is 0 Å². The van der Waals surface area contributed by atoms with Crippen molar-refractivity contribution in [3.8, 4) is 11.3 Å². The molecule has 2 aliphatic rings. The van der Waals surface area contributed by atoms with Crippen LogP contribution in [0, 0.1) is 13.8 Å². The normalized spacial score (nSPS) is 28.6. The van der Waals surface area contributed by atoms with Crippen molar-refractivity contribution in [2.45, 2.75) is 57.9 Å². The molecule has 0 amide bonds. The van der Waals surface area contributed by atoms with Crippen molar-refractivity contribution in [3.63, 3.8) is 0 Å². The lowest BCUT2D eigenvalue weighted by Crippen LogP contribution is -2.54. The van der Waals surface area contributed by atoms with E-state index in [1.165, 1.54) is 41.6 Å². The molecule has 1 aliphatic carbocycles. The average molecular weight is 278 g/mol. The van der Waals surface area contributed by atoms with Crippen LogP contribution in [0.5, 0.6) is 0 Å².